The number of imidazole rings is 1. The Morgan fingerprint density at radius 1 is 1.42 bits per heavy atom. The standard InChI is InChI=1S/C7H8N4.ClH/c8-3-6-4-10-7-5-9-1-2-11(6)7;/h1-2,4-5H,3,8H2;1H. The molecule has 2 N–H and O–H groups in total. The van der Waals surface area contributed by atoms with Crippen LogP contribution in [-0.4, -0.2) is 14.4 Å². The molecule has 0 bridgehead atoms. The Morgan fingerprint density at radius 2 is 2.25 bits per heavy atom. The van der Waals surface area contributed by atoms with E-state index in [1.807, 2.05) is 10.6 Å². The highest BCUT2D eigenvalue weighted by Gasteiger charge is 1.98. The second kappa shape index (κ2) is 3.51. The van der Waals surface area contributed by atoms with E-state index in [-0.39, 0.29) is 12.4 Å². The molecule has 2 rings (SSSR count). The highest BCUT2D eigenvalue weighted by molar-refractivity contribution is 5.85. The highest BCUT2D eigenvalue weighted by atomic mass is 35.5. The summed E-state index contributed by atoms with van der Waals surface area (Å²) in [6.45, 7) is 0.505. The molecule has 0 aliphatic heterocycles. The fourth-order valence-electron chi connectivity index (χ4n) is 1.05. The molecule has 0 aromatic carbocycles. The fraction of sp³-hybridized carbons (Fsp3) is 0.143. The van der Waals surface area contributed by atoms with E-state index >= 15 is 0 Å². The molecule has 2 aromatic heterocycles. The average Bonchev–Trinajstić information content (AvgIpc) is 2.47. The first-order valence-corrected chi connectivity index (χ1v) is 3.38. The Hall–Kier alpha value is -1.13. The van der Waals surface area contributed by atoms with E-state index in [4.69, 9.17) is 5.73 Å². The summed E-state index contributed by atoms with van der Waals surface area (Å²) >= 11 is 0. The van der Waals surface area contributed by atoms with Crippen molar-refractivity contribution < 1.29 is 0 Å². The quantitative estimate of drug-likeness (QED) is 0.707. The van der Waals surface area contributed by atoms with Crippen molar-refractivity contribution in [2.24, 2.45) is 5.73 Å². The molecule has 2 heterocycles. The normalized spacial score (nSPS) is 9.75. The lowest BCUT2D eigenvalue weighted by molar-refractivity contribution is 0.951. The average molecular weight is 185 g/mol. The van der Waals surface area contributed by atoms with Gasteiger partial charge in [-0.05, 0) is 0 Å². The number of hydrogen-bond acceptors (Lipinski definition) is 3. The topological polar surface area (TPSA) is 56.2 Å². The smallest absolute Gasteiger partial charge is 0.155 e. The molecule has 5 heteroatoms. The summed E-state index contributed by atoms with van der Waals surface area (Å²) in [6, 6.07) is 0. The zero-order chi connectivity index (χ0) is 7.68. The number of fused-ring (bicyclic) bond motifs is 1. The van der Waals surface area contributed by atoms with Crippen molar-refractivity contribution in [3.8, 4) is 0 Å². The summed E-state index contributed by atoms with van der Waals surface area (Å²) in [7, 11) is 0. The molecule has 0 atom stereocenters. The minimum absolute atomic E-state index is 0. The molecule has 0 aliphatic carbocycles. The molecule has 0 saturated carbocycles. The first-order chi connectivity index (χ1) is 5.42. The van der Waals surface area contributed by atoms with Gasteiger partial charge in [0.1, 0.15) is 0 Å². The maximum absolute atomic E-state index is 5.48. The maximum Gasteiger partial charge on any atom is 0.155 e. The van der Waals surface area contributed by atoms with Crippen LogP contribution in [0.3, 0.4) is 0 Å². The minimum Gasteiger partial charge on any atom is -0.325 e. The summed E-state index contributed by atoms with van der Waals surface area (Å²) in [6.07, 6.45) is 7.04. The van der Waals surface area contributed by atoms with Gasteiger partial charge in [0.05, 0.1) is 18.1 Å². The zero-order valence-electron chi connectivity index (χ0n) is 6.34. The molecule has 0 unspecified atom stereocenters. The van der Waals surface area contributed by atoms with Gasteiger partial charge in [-0.2, -0.15) is 0 Å². The van der Waals surface area contributed by atoms with Crippen molar-refractivity contribution in [2.45, 2.75) is 6.54 Å². The van der Waals surface area contributed by atoms with Gasteiger partial charge in [-0.3, -0.25) is 9.38 Å². The van der Waals surface area contributed by atoms with Crippen molar-refractivity contribution in [2.75, 3.05) is 0 Å². The van der Waals surface area contributed by atoms with Crippen LogP contribution in [0.15, 0.2) is 24.8 Å². The Morgan fingerprint density at radius 3 is 3.00 bits per heavy atom. The third-order valence-corrected chi connectivity index (χ3v) is 1.60. The fourth-order valence-corrected chi connectivity index (χ4v) is 1.05. The SMILES string of the molecule is Cl.NCc1cnc2cnccn12. The highest BCUT2D eigenvalue weighted by Crippen LogP contribution is 2.02. The van der Waals surface area contributed by atoms with E-state index in [2.05, 4.69) is 9.97 Å². The van der Waals surface area contributed by atoms with E-state index in [0.29, 0.717) is 6.54 Å². The van der Waals surface area contributed by atoms with Crippen molar-refractivity contribution in [1.29, 1.82) is 0 Å². The van der Waals surface area contributed by atoms with Crippen LogP contribution < -0.4 is 5.73 Å². The molecular formula is C7H9ClN4. The van der Waals surface area contributed by atoms with E-state index < -0.39 is 0 Å². The van der Waals surface area contributed by atoms with Gasteiger partial charge in [0.2, 0.25) is 0 Å². The first kappa shape index (κ1) is 8.96. The third kappa shape index (κ3) is 1.26. The van der Waals surface area contributed by atoms with Crippen LogP contribution in [0.25, 0.3) is 5.65 Å². The lowest BCUT2D eigenvalue weighted by atomic mass is 10.5. The monoisotopic (exact) mass is 184 g/mol. The molecule has 0 radical (unpaired) electrons. The van der Waals surface area contributed by atoms with Gasteiger partial charge >= 0.3 is 0 Å². The van der Waals surface area contributed by atoms with Crippen LogP contribution in [0, 0.1) is 0 Å². The van der Waals surface area contributed by atoms with E-state index in [9.17, 15) is 0 Å². The molecule has 0 aliphatic rings. The van der Waals surface area contributed by atoms with Crippen molar-refractivity contribution >= 4 is 18.1 Å². The third-order valence-electron chi connectivity index (χ3n) is 1.60. The summed E-state index contributed by atoms with van der Waals surface area (Å²) < 4.78 is 1.92. The maximum atomic E-state index is 5.48. The van der Waals surface area contributed by atoms with Gasteiger partial charge < -0.3 is 5.73 Å². The van der Waals surface area contributed by atoms with Crippen molar-refractivity contribution in [3.05, 3.63) is 30.5 Å². The Labute approximate surface area is 75.8 Å². The van der Waals surface area contributed by atoms with Crippen LogP contribution in [0.4, 0.5) is 0 Å². The number of aromatic nitrogens is 3. The summed E-state index contributed by atoms with van der Waals surface area (Å²) in [5.41, 5.74) is 7.32. The van der Waals surface area contributed by atoms with E-state index in [0.717, 1.165) is 11.3 Å². The molecule has 12 heavy (non-hydrogen) atoms. The molecule has 4 nitrogen and oxygen atoms in total. The van der Waals surface area contributed by atoms with E-state index in [1.54, 1.807) is 18.6 Å². The van der Waals surface area contributed by atoms with Gasteiger partial charge in [0.25, 0.3) is 0 Å². The lowest BCUT2D eigenvalue weighted by Gasteiger charge is -1.94. The molecule has 0 spiro atoms. The largest absolute Gasteiger partial charge is 0.325 e. The molecule has 0 fully saturated rings. The molecule has 2 aromatic rings. The second-order valence-electron chi connectivity index (χ2n) is 2.26. The van der Waals surface area contributed by atoms with Crippen LogP contribution in [0.2, 0.25) is 0 Å². The number of hydrogen-bond donors (Lipinski definition) is 1. The van der Waals surface area contributed by atoms with Gasteiger partial charge in [-0.1, -0.05) is 0 Å². The van der Waals surface area contributed by atoms with Crippen molar-refractivity contribution in [3.63, 3.8) is 0 Å². The van der Waals surface area contributed by atoms with Gasteiger partial charge in [-0.15, -0.1) is 12.4 Å². The molecule has 0 saturated heterocycles. The molecule has 64 valence electrons. The van der Waals surface area contributed by atoms with Gasteiger partial charge in [0.15, 0.2) is 5.65 Å². The Bertz CT molecular complexity index is 370. The number of halogens is 1. The molecular weight excluding hydrogens is 176 g/mol. The van der Waals surface area contributed by atoms with E-state index in [1.165, 1.54) is 0 Å². The number of nitrogens with zero attached hydrogens (tertiary/aromatic N) is 3. The molecule has 0 amide bonds. The number of nitrogens with two attached hydrogens (primary N) is 1. The Balaban J connectivity index is 0.000000720. The van der Waals surface area contributed by atoms with Crippen molar-refractivity contribution in [1.82, 2.24) is 14.4 Å². The zero-order valence-corrected chi connectivity index (χ0v) is 7.16. The van der Waals surface area contributed by atoms with Crippen LogP contribution >= 0.6 is 12.4 Å². The predicted molar refractivity (Wildman–Crippen MR) is 48.1 cm³/mol. The summed E-state index contributed by atoms with van der Waals surface area (Å²) in [5, 5.41) is 0. The van der Waals surface area contributed by atoms with Gasteiger partial charge in [-0.25, -0.2) is 4.98 Å². The summed E-state index contributed by atoms with van der Waals surface area (Å²) in [4.78, 5) is 8.05. The Kier molecular flexibility index (Phi) is 2.62. The number of rotatable bonds is 1. The van der Waals surface area contributed by atoms with Crippen LogP contribution in [0.5, 0.6) is 0 Å². The first-order valence-electron chi connectivity index (χ1n) is 3.38. The van der Waals surface area contributed by atoms with Crippen LogP contribution in [0.1, 0.15) is 5.69 Å². The van der Waals surface area contributed by atoms with Gasteiger partial charge in [0, 0.05) is 18.9 Å². The van der Waals surface area contributed by atoms with Crippen LogP contribution in [-0.2, 0) is 6.54 Å². The second-order valence-corrected chi connectivity index (χ2v) is 2.26. The minimum atomic E-state index is 0. The lowest BCUT2D eigenvalue weighted by Crippen LogP contribution is -2.00. The summed E-state index contributed by atoms with van der Waals surface area (Å²) in [5.74, 6) is 0. The predicted octanol–water partition coefficient (Wildman–Crippen LogP) is 0.610.